The normalized spacial score (nSPS) is 13.9. The van der Waals surface area contributed by atoms with E-state index in [9.17, 15) is 5.11 Å². The van der Waals surface area contributed by atoms with Crippen LogP contribution in [0.3, 0.4) is 0 Å². The van der Waals surface area contributed by atoms with Crippen LogP contribution in [0.1, 0.15) is 32.3 Å². The summed E-state index contributed by atoms with van der Waals surface area (Å²) < 4.78 is 16.3. The number of rotatable bonds is 9. The first-order chi connectivity index (χ1) is 9.80. The van der Waals surface area contributed by atoms with Gasteiger partial charge in [-0.3, -0.25) is 4.90 Å². The Labute approximate surface area is 127 Å². The number of aliphatic hydroxyl groups excluding tert-OH is 1. The molecule has 0 saturated heterocycles. The number of hydrogen-bond donors (Lipinski definition) is 1. The maximum atomic E-state index is 10.1. The molecule has 1 atom stereocenters. The lowest BCUT2D eigenvalue weighted by Gasteiger charge is -2.26. The predicted molar refractivity (Wildman–Crippen MR) is 82.3 cm³/mol. The highest BCUT2D eigenvalue weighted by Gasteiger charge is 2.17. The van der Waals surface area contributed by atoms with Gasteiger partial charge in [0.2, 0.25) is 0 Å². The van der Waals surface area contributed by atoms with E-state index in [1.807, 2.05) is 39.8 Å². The molecule has 1 unspecified atom stereocenters. The minimum absolute atomic E-state index is 0.240. The van der Waals surface area contributed by atoms with Gasteiger partial charge in [0.25, 0.3) is 0 Å². The maximum absolute atomic E-state index is 10.1. The topological polar surface area (TPSA) is 55.1 Å². The van der Waals surface area contributed by atoms with E-state index in [4.69, 9.17) is 13.9 Å². The Morgan fingerprint density at radius 1 is 1.33 bits per heavy atom. The number of ether oxygens (including phenoxy) is 2. The van der Waals surface area contributed by atoms with Gasteiger partial charge in [0.05, 0.1) is 31.5 Å². The monoisotopic (exact) mass is 299 g/mol. The molecule has 1 aromatic heterocycles. The highest BCUT2D eigenvalue weighted by molar-refractivity contribution is 5.05. The minimum atomic E-state index is -0.530. The van der Waals surface area contributed by atoms with Crippen LogP contribution in [-0.2, 0) is 16.0 Å². The third-order valence-electron chi connectivity index (χ3n) is 2.96. The van der Waals surface area contributed by atoms with Gasteiger partial charge in [-0.1, -0.05) is 0 Å². The van der Waals surface area contributed by atoms with Gasteiger partial charge in [0.15, 0.2) is 0 Å². The summed E-state index contributed by atoms with van der Waals surface area (Å²) in [7, 11) is 1.67. The third kappa shape index (κ3) is 8.21. The molecule has 0 radical (unpaired) electrons. The summed E-state index contributed by atoms with van der Waals surface area (Å²) in [6.45, 7) is 10.7. The van der Waals surface area contributed by atoms with E-state index in [0.717, 1.165) is 18.1 Å². The summed E-state index contributed by atoms with van der Waals surface area (Å²) in [6.07, 6.45) is -0.530. The highest BCUT2D eigenvalue weighted by atomic mass is 16.5. The molecule has 1 aromatic rings. The zero-order chi connectivity index (χ0) is 15.9. The maximum Gasteiger partial charge on any atom is 0.118 e. The summed E-state index contributed by atoms with van der Waals surface area (Å²) in [6, 6.07) is 3.91. The number of furan rings is 1. The Morgan fingerprint density at radius 2 is 2.05 bits per heavy atom. The Bertz CT molecular complexity index is 397. The van der Waals surface area contributed by atoms with E-state index in [-0.39, 0.29) is 5.60 Å². The molecule has 122 valence electrons. The minimum Gasteiger partial charge on any atom is -0.465 e. The standard InChI is InChI=1S/C16H29NO4/c1-13-6-7-15(21-13)11-17(8-9-19-5)10-14(18)12-20-16(2,3)4/h6-7,14,18H,8-12H2,1-5H3. The van der Waals surface area contributed by atoms with Gasteiger partial charge in [-0.25, -0.2) is 0 Å². The quantitative estimate of drug-likeness (QED) is 0.757. The first-order valence-corrected chi connectivity index (χ1v) is 7.39. The molecule has 0 aliphatic rings. The van der Waals surface area contributed by atoms with Crippen LogP contribution in [0, 0.1) is 6.92 Å². The lowest BCUT2D eigenvalue weighted by atomic mass is 10.2. The third-order valence-corrected chi connectivity index (χ3v) is 2.96. The van der Waals surface area contributed by atoms with E-state index in [2.05, 4.69) is 4.90 Å². The molecule has 0 amide bonds. The highest BCUT2D eigenvalue weighted by Crippen LogP contribution is 2.11. The Kier molecular flexibility index (Phi) is 7.39. The number of aliphatic hydroxyl groups is 1. The molecule has 0 spiro atoms. The van der Waals surface area contributed by atoms with Crippen LogP contribution in [0.2, 0.25) is 0 Å². The zero-order valence-electron chi connectivity index (χ0n) is 13.9. The van der Waals surface area contributed by atoms with Crippen molar-refractivity contribution in [1.29, 1.82) is 0 Å². The first-order valence-electron chi connectivity index (χ1n) is 7.39. The van der Waals surface area contributed by atoms with Crippen LogP contribution in [0.4, 0.5) is 0 Å². The molecular formula is C16H29NO4. The summed E-state index contributed by atoms with van der Waals surface area (Å²) in [5, 5.41) is 10.1. The van der Waals surface area contributed by atoms with Gasteiger partial charge >= 0.3 is 0 Å². The van der Waals surface area contributed by atoms with E-state index in [1.54, 1.807) is 7.11 Å². The van der Waals surface area contributed by atoms with E-state index < -0.39 is 6.10 Å². The van der Waals surface area contributed by atoms with Crippen molar-refractivity contribution >= 4 is 0 Å². The molecule has 1 N–H and O–H groups in total. The second kappa shape index (κ2) is 8.54. The molecule has 0 aliphatic carbocycles. The van der Waals surface area contributed by atoms with Gasteiger partial charge in [-0.05, 0) is 39.8 Å². The fourth-order valence-electron chi connectivity index (χ4n) is 1.94. The van der Waals surface area contributed by atoms with Gasteiger partial charge in [0.1, 0.15) is 11.5 Å². The Hall–Kier alpha value is -0.880. The van der Waals surface area contributed by atoms with Crippen molar-refractivity contribution in [3.8, 4) is 0 Å². The summed E-state index contributed by atoms with van der Waals surface area (Å²) >= 11 is 0. The zero-order valence-corrected chi connectivity index (χ0v) is 13.9. The SMILES string of the molecule is COCCN(Cc1ccc(C)o1)CC(O)COC(C)(C)C. The second-order valence-electron chi connectivity index (χ2n) is 6.32. The average molecular weight is 299 g/mol. The molecule has 0 aromatic carbocycles. The van der Waals surface area contributed by atoms with Crippen molar-refractivity contribution in [2.45, 2.75) is 45.9 Å². The number of methoxy groups -OCH3 is 1. The molecule has 21 heavy (non-hydrogen) atoms. The molecule has 0 fully saturated rings. The lowest BCUT2D eigenvalue weighted by Crippen LogP contribution is -2.38. The largest absolute Gasteiger partial charge is 0.465 e. The molecule has 1 heterocycles. The van der Waals surface area contributed by atoms with Crippen LogP contribution in [0.5, 0.6) is 0 Å². The van der Waals surface area contributed by atoms with Crippen molar-refractivity contribution < 1.29 is 19.0 Å². The molecule has 0 saturated carbocycles. The molecule has 5 nitrogen and oxygen atoms in total. The number of aryl methyl sites for hydroxylation is 1. The van der Waals surface area contributed by atoms with E-state index in [1.165, 1.54) is 0 Å². The van der Waals surface area contributed by atoms with Gasteiger partial charge in [0, 0.05) is 20.2 Å². The van der Waals surface area contributed by atoms with Crippen molar-refractivity contribution in [3.63, 3.8) is 0 Å². The van der Waals surface area contributed by atoms with Crippen molar-refractivity contribution in [1.82, 2.24) is 4.90 Å². The van der Waals surface area contributed by atoms with Crippen LogP contribution < -0.4 is 0 Å². The second-order valence-corrected chi connectivity index (χ2v) is 6.32. The fraction of sp³-hybridized carbons (Fsp3) is 0.750. The number of nitrogens with zero attached hydrogens (tertiary/aromatic N) is 1. The Balaban J connectivity index is 2.48. The molecule has 0 bridgehead atoms. The Morgan fingerprint density at radius 3 is 2.57 bits per heavy atom. The molecule has 5 heteroatoms. The summed E-state index contributed by atoms with van der Waals surface area (Å²) in [5.74, 6) is 1.79. The average Bonchev–Trinajstić information content (AvgIpc) is 2.78. The van der Waals surface area contributed by atoms with Gasteiger partial charge in [-0.15, -0.1) is 0 Å². The molecule has 1 rings (SSSR count). The van der Waals surface area contributed by atoms with Gasteiger partial charge < -0.3 is 19.0 Å². The van der Waals surface area contributed by atoms with Crippen LogP contribution >= 0.6 is 0 Å². The van der Waals surface area contributed by atoms with Crippen LogP contribution in [-0.4, -0.2) is 55.1 Å². The predicted octanol–water partition coefficient (Wildman–Crippen LogP) is 2.21. The van der Waals surface area contributed by atoms with Crippen molar-refractivity contribution in [2.24, 2.45) is 0 Å². The van der Waals surface area contributed by atoms with E-state index >= 15 is 0 Å². The smallest absolute Gasteiger partial charge is 0.118 e. The summed E-state index contributed by atoms with van der Waals surface area (Å²) in [4.78, 5) is 2.11. The van der Waals surface area contributed by atoms with Crippen LogP contribution in [0.15, 0.2) is 16.5 Å². The van der Waals surface area contributed by atoms with Crippen LogP contribution in [0.25, 0.3) is 0 Å². The first kappa shape index (κ1) is 18.2. The van der Waals surface area contributed by atoms with Crippen molar-refractivity contribution in [3.05, 3.63) is 23.7 Å². The fourth-order valence-corrected chi connectivity index (χ4v) is 1.94. The molecular weight excluding hydrogens is 270 g/mol. The van der Waals surface area contributed by atoms with E-state index in [0.29, 0.717) is 26.3 Å². The van der Waals surface area contributed by atoms with Crippen molar-refractivity contribution in [2.75, 3.05) is 33.4 Å². The molecule has 0 aliphatic heterocycles. The lowest BCUT2D eigenvalue weighted by molar-refractivity contribution is -0.0580. The summed E-state index contributed by atoms with van der Waals surface area (Å²) in [5.41, 5.74) is -0.240. The van der Waals surface area contributed by atoms with Gasteiger partial charge in [-0.2, -0.15) is 0 Å². The number of hydrogen-bond acceptors (Lipinski definition) is 5.